The summed E-state index contributed by atoms with van der Waals surface area (Å²) in [4.78, 5) is 10.1. The van der Waals surface area contributed by atoms with Crippen molar-refractivity contribution >= 4 is 5.97 Å². The Bertz CT molecular complexity index is 118. The predicted molar refractivity (Wildman–Crippen MR) is 30.4 cm³/mol. The highest BCUT2D eigenvalue weighted by molar-refractivity contribution is 5.80. The standard InChI is InChI=1S/C5H9NO2/c1-3-5(2,6)4(7)8/h3H,1,6H2,2H3,(H,7,8)/t5-/m1/s1. The number of hydrogen-bond donors (Lipinski definition) is 2. The second kappa shape index (κ2) is 1.96. The topological polar surface area (TPSA) is 63.3 Å². The van der Waals surface area contributed by atoms with Crippen molar-refractivity contribution in [2.24, 2.45) is 5.73 Å². The summed E-state index contributed by atoms with van der Waals surface area (Å²) in [5.41, 5.74) is 3.86. The van der Waals surface area contributed by atoms with Crippen LogP contribution in [0.2, 0.25) is 0 Å². The van der Waals surface area contributed by atoms with E-state index in [0.29, 0.717) is 0 Å². The van der Waals surface area contributed by atoms with Gasteiger partial charge in [-0.15, -0.1) is 6.58 Å². The van der Waals surface area contributed by atoms with Crippen LogP contribution in [0.25, 0.3) is 0 Å². The third-order valence-corrected chi connectivity index (χ3v) is 0.885. The van der Waals surface area contributed by atoms with E-state index in [-0.39, 0.29) is 0 Å². The summed E-state index contributed by atoms with van der Waals surface area (Å²) < 4.78 is 0. The lowest BCUT2D eigenvalue weighted by Crippen LogP contribution is -2.42. The van der Waals surface area contributed by atoms with Crippen LogP contribution < -0.4 is 5.73 Å². The van der Waals surface area contributed by atoms with E-state index >= 15 is 0 Å². The maximum absolute atomic E-state index is 10.1. The van der Waals surface area contributed by atoms with Gasteiger partial charge in [0.25, 0.3) is 0 Å². The number of carboxylic acid groups (broad SMARTS) is 1. The molecule has 0 aromatic rings. The van der Waals surface area contributed by atoms with Gasteiger partial charge in [-0.25, -0.2) is 4.79 Å². The Labute approximate surface area is 47.8 Å². The maximum Gasteiger partial charge on any atom is 0.327 e. The Morgan fingerprint density at radius 3 is 2.38 bits per heavy atom. The van der Waals surface area contributed by atoms with Crippen molar-refractivity contribution < 1.29 is 9.90 Å². The molecule has 0 heterocycles. The molecule has 0 rings (SSSR count). The molecular formula is C5H9NO2. The van der Waals surface area contributed by atoms with E-state index in [1.54, 1.807) is 0 Å². The van der Waals surface area contributed by atoms with Gasteiger partial charge in [-0.1, -0.05) is 6.08 Å². The van der Waals surface area contributed by atoms with Gasteiger partial charge in [-0.3, -0.25) is 0 Å². The molecule has 3 heteroatoms. The SMILES string of the molecule is C=C[C@@](C)(N)C(=O)O. The lowest BCUT2D eigenvalue weighted by molar-refractivity contribution is -0.140. The van der Waals surface area contributed by atoms with Crippen LogP contribution in [0.1, 0.15) is 6.92 Å². The van der Waals surface area contributed by atoms with Crippen molar-refractivity contribution in [3.05, 3.63) is 12.7 Å². The van der Waals surface area contributed by atoms with Crippen LogP contribution in [0.15, 0.2) is 12.7 Å². The van der Waals surface area contributed by atoms with Crippen LogP contribution >= 0.6 is 0 Å². The first-order valence-corrected chi connectivity index (χ1v) is 2.16. The second-order valence-electron chi connectivity index (χ2n) is 1.79. The summed E-state index contributed by atoms with van der Waals surface area (Å²) in [6.07, 6.45) is 1.19. The summed E-state index contributed by atoms with van der Waals surface area (Å²) in [7, 11) is 0. The van der Waals surface area contributed by atoms with Crippen molar-refractivity contribution in [1.29, 1.82) is 0 Å². The number of carbonyl (C=O) groups is 1. The fourth-order valence-electron chi connectivity index (χ4n) is 0.0873. The van der Waals surface area contributed by atoms with E-state index in [1.165, 1.54) is 13.0 Å². The summed E-state index contributed by atoms with van der Waals surface area (Å²) >= 11 is 0. The van der Waals surface area contributed by atoms with Crippen molar-refractivity contribution in [3.8, 4) is 0 Å². The van der Waals surface area contributed by atoms with Crippen molar-refractivity contribution in [1.82, 2.24) is 0 Å². The molecule has 0 bridgehead atoms. The summed E-state index contributed by atoms with van der Waals surface area (Å²) in [6.45, 7) is 4.63. The summed E-state index contributed by atoms with van der Waals surface area (Å²) in [6, 6.07) is 0. The number of rotatable bonds is 2. The second-order valence-corrected chi connectivity index (χ2v) is 1.79. The van der Waals surface area contributed by atoms with Crippen molar-refractivity contribution in [2.45, 2.75) is 12.5 Å². The number of hydrogen-bond acceptors (Lipinski definition) is 2. The molecular weight excluding hydrogens is 106 g/mol. The number of nitrogens with two attached hydrogens (primary N) is 1. The molecule has 0 saturated carbocycles. The average Bonchev–Trinajstić information content (AvgIpc) is 1.67. The highest BCUT2D eigenvalue weighted by atomic mass is 16.4. The van der Waals surface area contributed by atoms with Gasteiger partial charge >= 0.3 is 5.97 Å². The minimum absolute atomic E-state index is 1.06. The molecule has 3 N–H and O–H groups in total. The molecule has 0 amide bonds. The van der Waals surface area contributed by atoms with Crippen LogP contribution in [-0.2, 0) is 4.79 Å². The van der Waals surface area contributed by atoms with Crippen LogP contribution in [0, 0.1) is 0 Å². The molecule has 0 unspecified atom stereocenters. The van der Waals surface area contributed by atoms with Gasteiger partial charge < -0.3 is 10.8 Å². The summed E-state index contributed by atoms with van der Waals surface area (Å²) in [5, 5.41) is 8.24. The molecule has 3 nitrogen and oxygen atoms in total. The van der Waals surface area contributed by atoms with Crippen LogP contribution in [0.3, 0.4) is 0 Å². The molecule has 0 fully saturated rings. The first-order chi connectivity index (χ1) is 3.50. The normalized spacial score (nSPS) is 16.8. The molecule has 0 aliphatic rings. The van der Waals surface area contributed by atoms with Gasteiger partial charge in [-0.2, -0.15) is 0 Å². The molecule has 8 heavy (non-hydrogen) atoms. The van der Waals surface area contributed by atoms with E-state index in [2.05, 4.69) is 6.58 Å². The van der Waals surface area contributed by atoms with Gasteiger partial charge in [0.15, 0.2) is 0 Å². The minimum Gasteiger partial charge on any atom is -0.480 e. The lowest BCUT2D eigenvalue weighted by Gasteiger charge is -2.11. The van der Waals surface area contributed by atoms with Gasteiger partial charge in [0.1, 0.15) is 5.54 Å². The number of carboxylic acids is 1. The predicted octanol–water partition coefficient (Wildman–Crippen LogP) is -0.0256. The van der Waals surface area contributed by atoms with Crippen LogP contribution in [0.4, 0.5) is 0 Å². The van der Waals surface area contributed by atoms with Gasteiger partial charge in [0, 0.05) is 0 Å². The quantitative estimate of drug-likeness (QED) is 0.497. The first kappa shape index (κ1) is 7.17. The Kier molecular flexibility index (Phi) is 1.76. The maximum atomic E-state index is 10.1. The van der Waals surface area contributed by atoms with E-state index in [0.717, 1.165) is 0 Å². The average molecular weight is 115 g/mol. The van der Waals surface area contributed by atoms with Crippen molar-refractivity contribution in [2.75, 3.05) is 0 Å². The van der Waals surface area contributed by atoms with E-state index in [9.17, 15) is 4.79 Å². The van der Waals surface area contributed by atoms with Crippen molar-refractivity contribution in [3.63, 3.8) is 0 Å². The van der Waals surface area contributed by atoms with Gasteiger partial charge in [-0.05, 0) is 6.92 Å². The molecule has 0 saturated heterocycles. The monoisotopic (exact) mass is 115 g/mol. The zero-order valence-corrected chi connectivity index (χ0v) is 4.72. The molecule has 1 atom stereocenters. The Hall–Kier alpha value is -0.830. The van der Waals surface area contributed by atoms with E-state index in [4.69, 9.17) is 10.8 Å². The first-order valence-electron chi connectivity index (χ1n) is 2.16. The Morgan fingerprint density at radius 2 is 2.38 bits per heavy atom. The zero-order valence-electron chi connectivity index (χ0n) is 4.72. The third-order valence-electron chi connectivity index (χ3n) is 0.885. The zero-order chi connectivity index (χ0) is 6.78. The molecule has 0 spiro atoms. The third kappa shape index (κ3) is 1.35. The van der Waals surface area contributed by atoms with Crippen LogP contribution in [-0.4, -0.2) is 16.6 Å². The molecule has 0 aliphatic carbocycles. The van der Waals surface area contributed by atoms with Gasteiger partial charge in [0.2, 0.25) is 0 Å². The summed E-state index contributed by atoms with van der Waals surface area (Å²) in [5.74, 6) is -1.06. The molecule has 46 valence electrons. The van der Waals surface area contributed by atoms with Gasteiger partial charge in [0.05, 0.1) is 0 Å². The molecule has 0 aromatic carbocycles. The van der Waals surface area contributed by atoms with E-state index in [1.807, 2.05) is 0 Å². The molecule has 0 aromatic heterocycles. The Balaban J connectivity index is 4.12. The largest absolute Gasteiger partial charge is 0.480 e. The minimum atomic E-state index is -1.28. The number of aliphatic carboxylic acids is 1. The molecule has 0 radical (unpaired) electrons. The molecule has 0 aliphatic heterocycles. The lowest BCUT2D eigenvalue weighted by atomic mass is 10.1. The van der Waals surface area contributed by atoms with Crippen LogP contribution in [0.5, 0.6) is 0 Å². The fraction of sp³-hybridized carbons (Fsp3) is 0.400. The highest BCUT2D eigenvalue weighted by Crippen LogP contribution is 1.97. The smallest absolute Gasteiger partial charge is 0.327 e. The fourth-order valence-corrected chi connectivity index (χ4v) is 0.0873. The van der Waals surface area contributed by atoms with E-state index < -0.39 is 11.5 Å². The Morgan fingerprint density at radius 1 is 2.00 bits per heavy atom. The highest BCUT2D eigenvalue weighted by Gasteiger charge is 2.22.